The van der Waals surface area contributed by atoms with Crippen molar-refractivity contribution in [3.63, 3.8) is 0 Å². The van der Waals surface area contributed by atoms with Gasteiger partial charge in [-0.2, -0.15) is 0 Å². The standard InChI is InChI=1S/C27H30N4O2/c32-26(30-15-10-21(11-16-30)20-8-12-28-13-9-20)18-25-27(33)29-14-17-31(25)19-23-6-3-5-22-4-1-2-7-24(22)23/h1-9,12-13,21,25H,10-11,14-19H2,(H,29,33). The van der Waals surface area contributed by atoms with Crippen LogP contribution in [0.15, 0.2) is 67.0 Å². The monoisotopic (exact) mass is 442 g/mol. The SMILES string of the molecule is O=C1NCCN(Cc2cccc3ccccc23)C1CC(=O)N1CCC(c2ccncc2)CC1. The van der Waals surface area contributed by atoms with Gasteiger partial charge in [-0.3, -0.25) is 19.5 Å². The highest BCUT2D eigenvalue weighted by atomic mass is 16.2. The van der Waals surface area contributed by atoms with Crippen molar-refractivity contribution in [3.8, 4) is 0 Å². The van der Waals surface area contributed by atoms with Gasteiger partial charge in [0.1, 0.15) is 0 Å². The average Bonchev–Trinajstić information content (AvgIpc) is 2.87. The fourth-order valence-electron chi connectivity index (χ4n) is 5.21. The molecule has 1 aromatic heterocycles. The maximum Gasteiger partial charge on any atom is 0.237 e. The van der Waals surface area contributed by atoms with Crippen molar-refractivity contribution in [1.29, 1.82) is 0 Å². The summed E-state index contributed by atoms with van der Waals surface area (Å²) in [5.74, 6) is 0.507. The van der Waals surface area contributed by atoms with E-state index in [0.717, 1.165) is 32.5 Å². The molecule has 0 saturated carbocycles. The van der Waals surface area contributed by atoms with Gasteiger partial charge in [0.05, 0.1) is 12.5 Å². The van der Waals surface area contributed by atoms with Crippen LogP contribution in [0.3, 0.4) is 0 Å². The van der Waals surface area contributed by atoms with Gasteiger partial charge in [-0.05, 0) is 52.8 Å². The second kappa shape index (κ2) is 9.71. The van der Waals surface area contributed by atoms with Crippen LogP contribution in [-0.2, 0) is 16.1 Å². The van der Waals surface area contributed by atoms with Crippen LogP contribution in [0.5, 0.6) is 0 Å². The van der Waals surface area contributed by atoms with Crippen molar-refractivity contribution in [2.24, 2.45) is 0 Å². The van der Waals surface area contributed by atoms with E-state index in [1.165, 1.54) is 21.9 Å². The fourth-order valence-corrected chi connectivity index (χ4v) is 5.21. The van der Waals surface area contributed by atoms with Crippen LogP contribution >= 0.6 is 0 Å². The van der Waals surface area contributed by atoms with E-state index in [4.69, 9.17) is 0 Å². The average molecular weight is 443 g/mol. The van der Waals surface area contributed by atoms with E-state index < -0.39 is 6.04 Å². The lowest BCUT2D eigenvalue weighted by atomic mass is 9.90. The number of aromatic nitrogens is 1. The summed E-state index contributed by atoms with van der Waals surface area (Å²) in [6, 6.07) is 18.3. The summed E-state index contributed by atoms with van der Waals surface area (Å²) in [4.78, 5) is 34.2. The molecule has 33 heavy (non-hydrogen) atoms. The Hall–Kier alpha value is -3.25. The number of pyridine rings is 1. The Labute approximate surface area is 194 Å². The number of nitrogens with zero attached hydrogens (tertiary/aromatic N) is 3. The maximum atomic E-state index is 13.2. The molecule has 6 heteroatoms. The number of rotatable bonds is 5. The summed E-state index contributed by atoms with van der Waals surface area (Å²) in [5.41, 5.74) is 2.49. The highest BCUT2D eigenvalue weighted by Gasteiger charge is 2.34. The molecule has 0 radical (unpaired) electrons. The zero-order valence-corrected chi connectivity index (χ0v) is 18.8. The summed E-state index contributed by atoms with van der Waals surface area (Å²) in [6.45, 7) is 3.51. The lowest BCUT2D eigenvalue weighted by Crippen LogP contribution is -2.56. The van der Waals surface area contributed by atoms with Crippen molar-refractivity contribution in [2.75, 3.05) is 26.2 Å². The molecule has 0 spiro atoms. The molecule has 6 nitrogen and oxygen atoms in total. The van der Waals surface area contributed by atoms with Gasteiger partial charge in [0.2, 0.25) is 11.8 Å². The normalized spacial score (nSPS) is 20.1. The summed E-state index contributed by atoms with van der Waals surface area (Å²) in [5, 5.41) is 5.36. The zero-order chi connectivity index (χ0) is 22.6. The molecule has 2 aliphatic rings. The molecule has 1 unspecified atom stereocenters. The van der Waals surface area contributed by atoms with Crippen molar-refractivity contribution in [1.82, 2.24) is 20.1 Å². The molecule has 2 aliphatic heterocycles. The number of nitrogens with one attached hydrogen (secondary N) is 1. The van der Waals surface area contributed by atoms with Crippen LogP contribution in [0.2, 0.25) is 0 Å². The van der Waals surface area contributed by atoms with Gasteiger partial charge < -0.3 is 10.2 Å². The Kier molecular flexibility index (Phi) is 6.35. The van der Waals surface area contributed by atoms with Crippen LogP contribution in [-0.4, -0.2) is 58.8 Å². The van der Waals surface area contributed by atoms with E-state index >= 15 is 0 Å². The number of likely N-dealkylation sites (tertiary alicyclic amines) is 1. The van der Waals surface area contributed by atoms with Gasteiger partial charge in [-0.25, -0.2) is 0 Å². The van der Waals surface area contributed by atoms with E-state index in [1.807, 2.05) is 29.4 Å². The first-order valence-corrected chi connectivity index (χ1v) is 11.8. The number of amides is 2. The molecule has 170 valence electrons. The number of piperazine rings is 1. The van der Waals surface area contributed by atoms with Crippen LogP contribution in [0.25, 0.3) is 10.8 Å². The van der Waals surface area contributed by atoms with Crippen LogP contribution in [0.4, 0.5) is 0 Å². The molecule has 2 amide bonds. The number of fused-ring (bicyclic) bond motifs is 1. The third-order valence-electron chi connectivity index (χ3n) is 7.09. The quantitative estimate of drug-likeness (QED) is 0.658. The topological polar surface area (TPSA) is 65.5 Å². The van der Waals surface area contributed by atoms with E-state index in [-0.39, 0.29) is 18.2 Å². The van der Waals surface area contributed by atoms with E-state index in [2.05, 4.69) is 57.7 Å². The maximum absolute atomic E-state index is 13.2. The molecular formula is C27H30N4O2. The number of piperidine rings is 1. The minimum absolute atomic E-state index is 0.0403. The van der Waals surface area contributed by atoms with Crippen molar-refractivity contribution in [2.45, 2.75) is 37.8 Å². The van der Waals surface area contributed by atoms with E-state index in [0.29, 0.717) is 19.0 Å². The van der Waals surface area contributed by atoms with Gasteiger partial charge in [0, 0.05) is 45.1 Å². The summed E-state index contributed by atoms with van der Waals surface area (Å²) in [6.07, 6.45) is 5.80. The first-order valence-electron chi connectivity index (χ1n) is 11.8. The second-order valence-corrected chi connectivity index (χ2v) is 9.06. The third-order valence-corrected chi connectivity index (χ3v) is 7.09. The van der Waals surface area contributed by atoms with E-state index in [9.17, 15) is 9.59 Å². The molecule has 0 aliphatic carbocycles. The fraction of sp³-hybridized carbons (Fsp3) is 0.370. The van der Waals surface area contributed by atoms with Gasteiger partial charge in [-0.15, -0.1) is 0 Å². The largest absolute Gasteiger partial charge is 0.353 e. The minimum atomic E-state index is -0.428. The van der Waals surface area contributed by atoms with Crippen molar-refractivity contribution < 1.29 is 9.59 Å². The Bertz CT molecular complexity index is 1120. The second-order valence-electron chi connectivity index (χ2n) is 9.06. The number of carbonyl (C=O) groups is 2. The molecule has 0 bridgehead atoms. The predicted octanol–water partition coefficient (Wildman–Crippen LogP) is 3.33. The van der Waals surface area contributed by atoms with Crippen molar-refractivity contribution >= 4 is 22.6 Å². The van der Waals surface area contributed by atoms with Gasteiger partial charge in [-0.1, -0.05) is 42.5 Å². The Balaban J connectivity index is 1.25. The lowest BCUT2D eigenvalue weighted by molar-refractivity contribution is -0.139. The van der Waals surface area contributed by atoms with Crippen molar-refractivity contribution in [3.05, 3.63) is 78.1 Å². The Morgan fingerprint density at radius 3 is 2.55 bits per heavy atom. The molecule has 3 heterocycles. The first kappa shape index (κ1) is 21.6. The number of carbonyl (C=O) groups excluding carboxylic acids is 2. The van der Waals surface area contributed by atoms with Crippen LogP contribution in [0.1, 0.15) is 36.3 Å². The summed E-state index contributed by atoms with van der Waals surface area (Å²) in [7, 11) is 0. The highest BCUT2D eigenvalue weighted by molar-refractivity contribution is 5.89. The summed E-state index contributed by atoms with van der Waals surface area (Å²) >= 11 is 0. The first-order chi connectivity index (χ1) is 16.2. The van der Waals surface area contributed by atoms with Crippen LogP contribution in [0, 0.1) is 0 Å². The summed E-state index contributed by atoms with van der Waals surface area (Å²) < 4.78 is 0. The third kappa shape index (κ3) is 4.76. The zero-order valence-electron chi connectivity index (χ0n) is 18.8. The molecule has 2 aromatic carbocycles. The number of hydrogen-bond donors (Lipinski definition) is 1. The molecule has 1 N–H and O–H groups in total. The minimum Gasteiger partial charge on any atom is -0.353 e. The van der Waals surface area contributed by atoms with E-state index in [1.54, 1.807) is 0 Å². The number of benzene rings is 2. The van der Waals surface area contributed by atoms with Gasteiger partial charge in [0.25, 0.3) is 0 Å². The molecule has 5 rings (SSSR count). The Morgan fingerprint density at radius 2 is 1.73 bits per heavy atom. The molecule has 2 saturated heterocycles. The molecule has 1 atom stereocenters. The molecule has 3 aromatic rings. The number of hydrogen-bond acceptors (Lipinski definition) is 4. The van der Waals surface area contributed by atoms with Crippen LogP contribution < -0.4 is 5.32 Å². The molecule has 2 fully saturated rings. The Morgan fingerprint density at radius 1 is 0.970 bits per heavy atom. The molecular weight excluding hydrogens is 412 g/mol. The highest BCUT2D eigenvalue weighted by Crippen LogP contribution is 2.28. The van der Waals surface area contributed by atoms with Gasteiger partial charge >= 0.3 is 0 Å². The lowest BCUT2D eigenvalue weighted by Gasteiger charge is -2.37. The van der Waals surface area contributed by atoms with Gasteiger partial charge in [0.15, 0.2) is 0 Å². The predicted molar refractivity (Wildman–Crippen MR) is 129 cm³/mol. The smallest absolute Gasteiger partial charge is 0.237 e.